The maximum Gasteiger partial charge on any atom is 0.257 e. The number of anilines is 2. The van der Waals surface area contributed by atoms with E-state index in [4.69, 9.17) is 4.74 Å². The van der Waals surface area contributed by atoms with Gasteiger partial charge in [-0.1, -0.05) is 18.2 Å². The zero-order chi connectivity index (χ0) is 18.6. The predicted octanol–water partition coefficient (Wildman–Crippen LogP) is 3.86. The number of hydrogen-bond acceptors (Lipinski definition) is 4. The minimum absolute atomic E-state index is 0.0847. The van der Waals surface area contributed by atoms with Gasteiger partial charge in [-0.05, 0) is 56.6 Å². The first-order valence-corrected chi connectivity index (χ1v) is 9.55. The number of hydrogen-bond donors (Lipinski definition) is 3. The minimum Gasteiger partial charge on any atom is -0.490 e. The number of carbonyl (C=O) groups is 1. The van der Waals surface area contributed by atoms with Gasteiger partial charge in [0.25, 0.3) is 5.91 Å². The van der Waals surface area contributed by atoms with Crippen molar-refractivity contribution in [1.29, 1.82) is 0 Å². The van der Waals surface area contributed by atoms with Gasteiger partial charge in [-0.15, -0.1) is 0 Å². The molecule has 1 fully saturated rings. The molecule has 2 heterocycles. The Hall–Kier alpha value is -2.79. The van der Waals surface area contributed by atoms with Crippen LogP contribution in [0.4, 0.5) is 11.4 Å². The number of nitrogens with one attached hydrogen (secondary N) is 3. The van der Waals surface area contributed by atoms with E-state index in [9.17, 15) is 4.79 Å². The summed E-state index contributed by atoms with van der Waals surface area (Å²) in [6, 6.07) is 15.6. The van der Waals surface area contributed by atoms with Gasteiger partial charge in [-0.2, -0.15) is 0 Å². The van der Waals surface area contributed by atoms with Crippen LogP contribution < -0.4 is 20.7 Å². The number of amides is 1. The zero-order valence-electron chi connectivity index (χ0n) is 15.5. The molecule has 140 valence electrons. The van der Waals surface area contributed by atoms with Gasteiger partial charge in [0.1, 0.15) is 5.75 Å². The van der Waals surface area contributed by atoms with Gasteiger partial charge >= 0.3 is 0 Å². The van der Waals surface area contributed by atoms with E-state index >= 15 is 0 Å². The monoisotopic (exact) mass is 363 g/mol. The molecule has 2 aromatic carbocycles. The second-order valence-corrected chi connectivity index (χ2v) is 7.16. The van der Waals surface area contributed by atoms with Crippen LogP contribution in [0.2, 0.25) is 0 Å². The molecule has 3 N–H and O–H groups in total. The molecule has 1 saturated heterocycles. The number of benzene rings is 2. The quantitative estimate of drug-likeness (QED) is 0.706. The van der Waals surface area contributed by atoms with E-state index in [1.54, 1.807) is 6.20 Å². The summed E-state index contributed by atoms with van der Waals surface area (Å²) in [6.07, 6.45) is 4.38. The number of fused-ring (bicyclic) bond motifs is 1. The van der Waals surface area contributed by atoms with Crippen molar-refractivity contribution in [2.45, 2.75) is 25.9 Å². The fraction of sp³-hybridized carbons (Fsp3) is 0.318. The standard InChI is InChI=1S/C22H25N3O2/c1-15(16-5-4-12-23-13-16)27-18-10-8-17(9-11-18)24-14-20-19-6-2-3-7-21(19)25-22(20)26/h2-3,6-11,14-16,23-24H,4-5,12-13H2,1H3,(H,25,26). The zero-order valence-corrected chi connectivity index (χ0v) is 15.5. The van der Waals surface area contributed by atoms with Gasteiger partial charge in [-0.25, -0.2) is 0 Å². The molecule has 0 aromatic heterocycles. The van der Waals surface area contributed by atoms with Crippen LogP contribution in [-0.2, 0) is 4.79 Å². The lowest BCUT2D eigenvalue weighted by Gasteiger charge is -2.28. The lowest BCUT2D eigenvalue weighted by atomic mass is 9.95. The Morgan fingerprint density at radius 3 is 2.78 bits per heavy atom. The molecule has 5 nitrogen and oxygen atoms in total. The van der Waals surface area contributed by atoms with Crippen molar-refractivity contribution in [1.82, 2.24) is 5.32 Å². The van der Waals surface area contributed by atoms with E-state index in [1.165, 1.54) is 12.8 Å². The SMILES string of the molecule is CC(Oc1ccc(NC=C2C(=O)Nc3ccccc32)cc1)C1CCCNC1. The fourth-order valence-corrected chi connectivity index (χ4v) is 3.66. The highest BCUT2D eigenvalue weighted by Gasteiger charge is 2.23. The molecule has 0 bridgehead atoms. The number of carbonyl (C=O) groups excluding carboxylic acids is 1. The largest absolute Gasteiger partial charge is 0.490 e. The highest BCUT2D eigenvalue weighted by Crippen LogP contribution is 2.31. The highest BCUT2D eigenvalue weighted by molar-refractivity contribution is 6.31. The average molecular weight is 363 g/mol. The Morgan fingerprint density at radius 1 is 1.19 bits per heavy atom. The van der Waals surface area contributed by atoms with Crippen LogP contribution in [0.15, 0.2) is 54.7 Å². The molecule has 2 aliphatic rings. The normalized spacial score (nSPS) is 21.4. The first-order valence-electron chi connectivity index (χ1n) is 9.55. The molecule has 2 aromatic rings. The van der Waals surface area contributed by atoms with Crippen molar-refractivity contribution in [3.8, 4) is 5.75 Å². The molecule has 4 rings (SSSR count). The molecule has 2 unspecified atom stereocenters. The molecule has 27 heavy (non-hydrogen) atoms. The Morgan fingerprint density at radius 2 is 2.00 bits per heavy atom. The maximum atomic E-state index is 12.1. The van der Waals surface area contributed by atoms with Gasteiger partial charge in [0.05, 0.1) is 11.7 Å². The van der Waals surface area contributed by atoms with Crippen molar-refractivity contribution >= 4 is 22.9 Å². The average Bonchev–Trinajstić information content (AvgIpc) is 3.03. The maximum absolute atomic E-state index is 12.1. The molecule has 2 atom stereocenters. The van der Waals surface area contributed by atoms with Crippen molar-refractivity contribution < 1.29 is 9.53 Å². The van der Waals surface area contributed by atoms with Crippen LogP contribution in [0.1, 0.15) is 25.3 Å². The van der Waals surface area contributed by atoms with Crippen LogP contribution in [-0.4, -0.2) is 25.1 Å². The number of ether oxygens (including phenoxy) is 1. The Balaban J connectivity index is 1.39. The van der Waals surface area contributed by atoms with E-state index in [2.05, 4.69) is 22.9 Å². The van der Waals surface area contributed by atoms with E-state index in [0.29, 0.717) is 11.5 Å². The molecule has 1 amide bonds. The van der Waals surface area contributed by atoms with Crippen molar-refractivity contribution in [2.75, 3.05) is 23.7 Å². The summed E-state index contributed by atoms with van der Waals surface area (Å²) in [6.45, 7) is 4.28. The molecule has 2 aliphatic heterocycles. The van der Waals surface area contributed by atoms with Crippen molar-refractivity contribution in [3.05, 3.63) is 60.3 Å². The molecule has 0 aliphatic carbocycles. The third-order valence-electron chi connectivity index (χ3n) is 5.27. The first kappa shape index (κ1) is 17.6. The first-order chi connectivity index (χ1) is 13.2. The summed E-state index contributed by atoms with van der Waals surface area (Å²) in [5.41, 5.74) is 3.33. The van der Waals surface area contributed by atoms with Crippen LogP contribution in [0.5, 0.6) is 5.75 Å². The van der Waals surface area contributed by atoms with Gasteiger partial charge in [0.2, 0.25) is 0 Å². The van der Waals surface area contributed by atoms with Crippen LogP contribution in [0, 0.1) is 5.92 Å². The smallest absolute Gasteiger partial charge is 0.257 e. The van der Waals surface area contributed by atoms with Crippen LogP contribution in [0.3, 0.4) is 0 Å². The lowest BCUT2D eigenvalue weighted by Crippen LogP contribution is -2.37. The Kier molecular flexibility index (Phi) is 5.12. The molecular weight excluding hydrogens is 338 g/mol. The van der Waals surface area contributed by atoms with Gasteiger partial charge < -0.3 is 20.7 Å². The predicted molar refractivity (Wildman–Crippen MR) is 109 cm³/mol. The third kappa shape index (κ3) is 3.98. The van der Waals surface area contributed by atoms with E-state index in [-0.39, 0.29) is 12.0 Å². The van der Waals surface area contributed by atoms with Gasteiger partial charge in [0, 0.05) is 35.6 Å². The Labute approximate surface area is 159 Å². The summed E-state index contributed by atoms with van der Waals surface area (Å²) in [5, 5.41) is 9.52. The fourth-order valence-electron chi connectivity index (χ4n) is 3.66. The van der Waals surface area contributed by atoms with E-state index < -0.39 is 0 Å². The second-order valence-electron chi connectivity index (χ2n) is 7.16. The Bertz CT molecular complexity index is 839. The van der Waals surface area contributed by atoms with Gasteiger partial charge in [-0.3, -0.25) is 4.79 Å². The molecule has 0 saturated carbocycles. The van der Waals surface area contributed by atoms with Crippen LogP contribution in [0.25, 0.3) is 5.57 Å². The minimum atomic E-state index is -0.0847. The molecule has 0 spiro atoms. The summed E-state index contributed by atoms with van der Waals surface area (Å²) >= 11 is 0. The highest BCUT2D eigenvalue weighted by atomic mass is 16.5. The topological polar surface area (TPSA) is 62.4 Å². The number of piperidine rings is 1. The summed E-state index contributed by atoms with van der Waals surface area (Å²) in [4.78, 5) is 12.1. The molecular formula is C22H25N3O2. The molecule has 5 heteroatoms. The van der Waals surface area contributed by atoms with E-state index in [1.807, 2.05) is 48.5 Å². The van der Waals surface area contributed by atoms with E-state index in [0.717, 1.165) is 35.8 Å². The van der Waals surface area contributed by atoms with Gasteiger partial charge in [0.15, 0.2) is 0 Å². The number of para-hydroxylation sites is 1. The lowest BCUT2D eigenvalue weighted by molar-refractivity contribution is -0.110. The summed E-state index contributed by atoms with van der Waals surface area (Å²) < 4.78 is 6.10. The third-order valence-corrected chi connectivity index (χ3v) is 5.27. The summed E-state index contributed by atoms with van der Waals surface area (Å²) in [7, 11) is 0. The second kappa shape index (κ2) is 7.84. The molecule has 0 radical (unpaired) electrons. The number of rotatable bonds is 5. The summed E-state index contributed by atoms with van der Waals surface area (Å²) in [5.74, 6) is 1.34. The van der Waals surface area contributed by atoms with Crippen molar-refractivity contribution in [2.24, 2.45) is 5.92 Å². The van der Waals surface area contributed by atoms with Crippen molar-refractivity contribution in [3.63, 3.8) is 0 Å². The van der Waals surface area contributed by atoms with Crippen LogP contribution >= 0.6 is 0 Å².